The summed E-state index contributed by atoms with van der Waals surface area (Å²) >= 11 is 0. The molecule has 2 heterocycles. The molecule has 1 aliphatic heterocycles. The molecule has 1 aromatic rings. The summed E-state index contributed by atoms with van der Waals surface area (Å²) < 4.78 is 5.21. The van der Waals surface area contributed by atoms with E-state index in [1.165, 1.54) is 24.8 Å². The third-order valence-electron chi connectivity index (χ3n) is 4.12. The van der Waals surface area contributed by atoms with Crippen LogP contribution < -0.4 is 10.1 Å². The molecule has 0 saturated carbocycles. The minimum atomic E-state index is 0.627. The second kappa shape index (κ2) is 7.60. The zero-order valence-corrected chi connectivity index (χ0v) is 12.9. The maximum Gasteiger partial charge on any atom is 0.213 e. The summed E-state index contributed by atoms with van der Waals surface area (Å²) in [5.74, 6) is 0.704. The minimum Gasteiger partial charge on any atom is -0.481 e. The maximum atomic E-state index is 5.21. The molecule has 0 bridgehead atoms. The number of piperazine rings is 1. The third kappa shape index (κ3) is 3.93. The fourth-order valence-electron chi connectivity index (χ4n) is 2.96. The van der Waals surface area contributed by atoms with Crippen LogP contribution in [0.3, 0.4) is 0 Å². The number of ether oxygens (including phenoxy) is 1. The highest BCUT2D eigenvalue weighted by Crippen LogP contribution is 2.18. The number of aromatic nitrogens is 1. The zero-order valence-electron chi connectivity index (χ0n) is 12.9. The van der Waals surface area contributed by atoms with E-state index < -0.39 is 0 Å². The molecule has 112 valence electrons. The average Bonchev–Trinajstić information content (AvgIpc) is 2.48. The van der Waals surface area contributed by atoms with E-state index >= 15 is 0 Å². The number of rotatable bonds is 6. The molecule has 1 fully saturated rings. The minimum absolute atomic E-state index is 0.627. The molecule has 2 rings (SSSR count). The van der Waals surface area contributed by atoms with Gasteiger partial charge in [-0.05, 0) is 24.5 Å². The summed E-state index contributed by atoms with van der Waals surface area (Å²) in [5.41, 5.74) is 1.28. The highest BCUT2D eigenvalue weighted by atomic mass is 16.5. The average molecular weight is 277 g/mol. The molecule has 1 aromatic heterocycles. The van der Waals surface area contributed by atoms with Crippen molar-refractivity contribution in [3.05, 3.63) is 23.9 Å². The third-order valence-corrected chi connectivity index (χ3v) is 4.12. The lowest BCUT2D eigenvalue weighted by Gasteiger charge is -2.40. The zero-order chi connectivity index (χ0) is 14.4. The number of methoxy groups -OCH3 is 1. The van der Waals surface area contributed by atoms with Gasteiger partial charge in [-0.3, -0.25) is 4.90 Å². The van der Waals surface area contributed by atoms with Crippen LogP contribution in [0.5, 0.6) is 5.88 Å². The first-order valence-corrected chi connectivity index (χ1v) is 7.73. The summed E-state index contributed by atoms with van der Waals surface area (Å²) in [6.45, 7) is 7.75. The number of hydrogen-bond acceptors (Lipinski definition) is 4. The second-order valence-electron chi connectivity index (χ2n) is 5.59. The molecule has 20 heavy (non-hydrogen) atoms. The number of pyridine rings is 1. The van der Waals surface area contributed by atoms with Crippen LogP contribution >= 0.6 is 0 Å². The van der Waals surface area contributed by atoms with E-state index in [1.807, 2.05) is 12.3 Å². The fraction of sp³-hybridized carbons (Fsp3) is 0.688. The van der Waals surface area contributed by atoms with Gasteiger partial charge in [-0.2, -0.15) is 0 Å². The van der Waals surface area contributed by atoms with Gasteiger partial charge in [-0.25, -0.2) is 4.98 Å². The molecule has 2 unspecified atom stereocenters. The van der Waals surface area contributed by atoms with Crippen LogP contribution in [0.1, 0.15) is 38.7 Å². The molecular weight excluding hydrogens is 250 g/mol. The van der Waals surface area contributed by atoms with E-state index in [-0.39, 0.29) is 0 Å². The van der Waals surface area contributed by atoms with Crippen LogP contribution in [0.2, 0.25) is 0 Å². The van der Waals surface area contributed by atoms with Gasteiger partial charge in [0.25, 0.3) is 0 Å². The van der Waals surface area contributed by atoms with Gasteiger partial charge in [0.2, 0.25) is 5.88 Å². The van der Waals surface area contributed by atoms with Gasteiger partial charge >= 0.3 is 0 Å². The lowest BCUT2D eigenvalue weighted by atomic mass is 10.0. The molecule has 0 aliphatic carbocycles. The quantitative estimate of drug-likeness (QED) is 0.866. The summed E-state index contributed by atoms with van der Waals surface area (Å²) in [7, 11) is 1.67. The summed E-state index contributed by atoms with van der Waals surface area (Å²) in [5, 5.41) is 3.68. The van der Waals surface area contributed by atoms with Crippen molar-refractivity contribution in [1.29, 1.82) is 0 Å². The Bertz CT molecular complexity index is 410. The molecule has 0 spiro atoms. The predicted molar refractivity (Wildman–Crippen MR) is 82.0 cm³/mol. The first-order valence-electron chi connectivity index (χ1n) is 7.73. The van der Waals surface area contributed by atoms with Crippen molar-refractivity contribution in [2.45, 2.75) is 51.7 Å². The van der Waals surface area contributed by atoms with Gasteiger partial charge in [0.05, 0.1) is 7.11 Å². The van der Waals surface area contributed by atoms with Crippen molar-refractivity contribution in [3.8, 4) is 5.88 Å². The SMILES string of the molecule is CCCC1CN(Cc2ccnc(OC)c2)C(CC)CN1. The summed E-state index contributed by atoms with van der Waals surface area (Å²) in [6, 6.07) is 5.39. The number of nitrogens with one attached hydrogen (secondary N) is 1. The maximum absolute atomic E-state index is 5.21. The highest BCUT2D eigenvalue weighted by molar-refractivity contribution is 5.20. The van der Waals surface area contributed by atoms with E-state index in [9.17, 15) is 0 Å². The summed E-state index contributed by atoms with van der Waals surface area (Å²) in [4.78, 5) is 6.78. The van der Waals surface area contributed by atoms with Crippen molar-refractivity contribution in [2.75, 3.05) is 20.2 Å². The monoisotopic (exact) mass is 277 g/mol. The predicted octanol–water partition coefficient (Wildman–Crippen LogP) is 2.44. The summed E-state index contributed by atoms with van der Waals surface area (Å²) in [6.07, 6.45) is 5.52. The molecule has 1 aliphatic rings. The van der Waals surface area contributed by atoms with Gasteiger partial charge in [-0.1, -0.05) is 20.3 Å². The Hall–Kier alpha value is -1.13. The van der Waals surface area contributed by atoms with Gasteiger partial charge < -0.3 is 10.1 Å². The Morgan fingerprint density at radius 2 is 2.30 bits per heavy atom. The topological polar surface area (TPSA) is 37.4 Å². The van der Waals surface area contributed by atoms with Gasteiger partial charge in [0.1, 0.15) is 0 Å². The largest absolute Gasteiger partial charge is 0.481 e. The van der Waals surface area contributed by atoms with Gasteiger partial charge in [-0.15, -0.1) is 0 Å². The van der Waals surface area contributed by atoms with E-state index in [1.54, 1.807) is 7.11 Å². The van der Waals surface area contributed by atoms with Crippen LogP contribution in [0.25, 0.3) is 0 Å². The lowest BCUT2D eigenvalue weighted by Crippen LogP contribution is -2.55. The van der Waals surface area contributed by atoms with Crippen molar-refractivity contribution >= 4 is 0 Å². The van der Waals surface area contributed by atoms with Gasteiger partial charge in [0, 0.05) is 44.0 Å². The Morgan fingerprint density at radius 3 is 3.00 bits per heavy atom. The lowest BCUT2D eigenvalue weighted by molar-refractivity contribution is 0.115. The van der Waals surface area contributed by atoms with Crippen LogP contribution in [0.4, 0.5) is 0 Å². The fourth-order valence-corrected chi connectivity index (χ4v) is 2.96. The van der Waals surface area contributed by atoms with Crippen LogP contribution in [0, 0.1) is 0 Å². The van der Waals surface area contributed by atoms with Crippen molar-refractivity contribution < 1.29 is 4.74 Å². The first kappa shape index (κ1) is 15.3. The highest BCUT2D eigenvalue weighted by Gasteiger charge is 2.26. The van der Waals surface area contributed by atoms with E-state index in [4.69, 9.17) is 4.74 Å². The van der Waals surface area contributed by atoms with E-state index in [0.29, 0.717) is 18.0 Å². The van der Waals surface area contributed by atoms with Gasteiger partial charge in [0.15, 0.2) is 0 Å². The normalized spacial score (nSPS) is 23.8. The van der Waals surface area contributed by atoms with E-state index in [2.05, 4.69) is 35.1 Å². The Labute approximate surface area is 122 Å². The molecule has 1 N–H and O–H groups in total. The Morgan fingerprint density at radius 1 is 1.45 bits per heavy atom. The van der Waals surface area contributed by atoms with E-state index in [0.717, 1.165) is 19.6 Å². The Kier molecular flexibility index (Phi) is 5.80. The molecule has 4 heteroatoms. The van der Waals surface area contributed by atoms with Crippen molar-refractivity contribution in [2.24, 2.45) is 0 Å². The standard InChI is InChI=1S/C16H27N3O/c1-4-6-14-12-19(15(5-2)10-18-14)11-13-7-8-17-16(9-13)20-3/h7-9,14-15,18H,4-6,10-12H2,1-3H3. The molecule has 0 aromatic carbocycles. The number of nitrogens with zero attached hydrogens (tertiary/aromatic N) is 2. The van der Waals surface area contributed by atoms with Crippen molar-refractivity contribution in [1.82, 2.24) is 15.2 Å². The molecule has 0 radical (unpaired) electrons. The molecule has 4 nitrogen and oxygen atoms in total. The van der Waals surface area contributed by atoms with Crippen LogP contribution in [-0.2, 0) is 6.54 Å². The second-order valence-corrected chi connectivity index (χ2v) is 5.59. The van der Waals surface area contributed by atoms with Crippen LogP contribution in [0.15, 0.2) is 18.3 Å². The first-order chi connectivity index (χ1) is 9.76. The molecular formula is C16H27N3O. The smallest absolute Gasteiger partial charge is 0.213 e. The van der Waals surface area contributed by atoms with Crippen molar-refractivity contribution in [3.63, 3.8) is 0 Å². The number of hydrogen-bond donors (Lipinski definition) is 1. The molecule has 1 saturated heterocycles. The Balaban J connectivity index is 2.02. The van der Waals surface area contributed by atoms with Crippen LogP contribution in [-0.4, -0.2) is 42.2 Å². The molecule has 0 amide bonds. The molecule has 2 atom stereocenters.